The molecule has 1 saturated heterocycles. The number of H-pyrrole nitrogens is 1. The molecule has 0 unspecified atom stereocenters. The van der Waals surface area contributed by atoms with Crippen LogP contribution in [-0.2, 0) is 5.41 Å². The Bertz CT molecular complexity index is 430. The van der Waals surface area contributed by atoms with E-state index in [4.69, 9.17) is 12.2 Å². The van der Waals surface area contributed by atoms with E-state index in [2.05, 4.69) is 48.5 Å². The Kier molecular flexibility index (Phi) is 3.46. The summed E-state index contributed by atoms with van der Waals surface area (Å²) >= 11 is 5.45. The fraction of sp³-hybridized carbons (Fsp3) is 0.769. The average Bonchev–Trinajstić information content (AvgIpc) is 2.61. The van der Waals surface area contributed by atoms with Gasteiger partial charge in [-0.15, -0.1) is 0 Å². The van der Waals surface area contributed by atoms with E-state index in [1.807, 2.05) is 0 Å². The number of hydrogen-bond acceptors (Lipinski definition) is 2. The van der Waals surface area contributed by atoms with Gasteiger partial charge in [-0.25, -0.2) is 0 Å². The topological polar surface area (TPSA) is 24.0 Å². The van der Waals surface area contributed by atoms with Crippen LogP contribution in [0.25, 0.3) is 0 Å². The van der Waals surface area contributed by atoms with E-state index in [-0.39, 0.29) is 5.41 Å². The van der Waals surface area contributed by atoms with Crippen LogP contribution in [-0.4, -0.2) is 34.6 Å². The maximum Gasteiger partial charge on any atom is 0.177 e. The number of likely N-dealkylation sites (tertiary alicyclic amines) is 1. The molecule has 96 valence electrons. The molecule has 1 aromatic rings. The van der Waals surface area contributed by atoms with Crippen LogP contribution in [0.5, 0.6) is 0 Å². The van der Waals surface area contributed by atoms with Crippen LogP contribution < -0.4 is 0 Å². The molecular weight excluding hydrogens is 230 g/mol. The van der Waals surface area contributed by atoms with Gasteiger partial charge in [-0.05, 0) is 45.2 Å². The van der Waals surface area contributed by atoms with Crippen LogP contribution in [0.15, 0.2) is 6.20 Å². The van der Waals surface area contributed by atoms with E-state index in [1.165, 1.54) is 31.6 Å². The average molecular weight is 253 g/mol. The Morgan fingerprint density at radius 1 is 1.29 bits per heavy atom. The van der Waals surface area contributed by atoms with Gasteiger partial charge in [0, 0.05) is 23.3 Å². The van der Waals surface area contributed by atoms with Gasteiger partial charge in [0.05, 0.1) is 0 Å². The summed E-state index contributed by atoms with van der Waals surface area (Å²) in [5.41, 5.74) is 1.48. The normalized spacial score (nSPS) is 19.8. The van der Waals surface area contributed by atoms with Crippen LogP contribution in [0.3, 0.4) is 0 Å². The zero-order valence-electron chi connectivity index (χ0n) is 11.3. The van der Waals surface area contributed by atoms with Crippen molar-refractivity contribution in [3.63, 3.8) is 0 Å². The van der Waals surface area contributed by atoms with Crippen molar-refractivity contribution in [1.82, 2.24) is 14.5 Å². The third kappa shape index (κ3) is 2.63. The lowest BCUT2D eigenvalue weighted by Crippen LogP contribution is -2.33. The number of aromatic amines is 1. The largest absolute Gasteiger partial charge is 0.337 e. The first-order chi connectivity index (χ1) is 7.89. The highest BCUT2D eigenvalue weighted by molar-refractivity contribution is 7.71. The van der Waals surface area contributed by atoms with Gasteiger partial charge < -0.3 is 14.5 Å². The van der Waals surface area contributed by atoms with Crippen LogP contribution in [0.2, 0.25) is 0 Å². The van der Waals surface area contributed by atoms with E-state index in [0.717, 1.165) is 4.77 Å². The van der Waals surface area contributed by atoms with Gasteiger partial charge in [0.25, 0.3) is 0 Å². The van der Waals surface area contributed by atoms with Crippen molar-refractivity contribution in [2.45, 2.75) is 45.1 Å². The van der Waals surface area contributed by atoms with E-state index < -0.39 is 0 Å². The van der Waals surface area contributed by atoms with Gasteiger partial charge in [0.2, 0.25) is 0 Å². The molecule has 0 aromatic carbocycles. The molecule has 1 fully saturated rings. The molecule has 0 aliphatic carbocycles. The maximum absolute atomic E-state index is 5.45. The van der Waals surface area contributed by atoms with Gasteiger partial charge in [-0.1, -0.05) is 20.8 Å². The fourth-order valence-electron chi connectivity index (χ4n) is 2.57. The Morgan fingerprint density at radius 2 is 1.88 bits per heavy atom. The van der Waals surface area contributed by atoms with E-state index in [0.29, 0.717) is 6.04 Å². The molecule has 1 aromatic heterocycles. The fourth-order valence-corrected chi connectivity index (χ4v) is 2.88. The molecule has 1 aliphatic heterocycles. The molecule has 0 amide bonds. The van der Waals surface area contributed by atoms with Crippen molar-refractivity contribution < 1.29 is 0 Å². The molecular formula is C13H23N3S. The summed E-state index contributed by atoms with van der Waals surface area (Å²) in [4.78, 5) is 5.61. The number of piperidine rings is 1. The van der Waals surface area contributed by atoms with Crippen LogP contribution in [0.4, 0.5) is 0 Å². The lowest BCUT2D eigenvalue weighted by molar-refractivity contribution is 0.215. The summed E-state index contributed by atoms with van der Waals surface area (Å²) in [6, 6.07) is 0.569. The van der Waals surface area contributed by atoms with E-state index >= 15 is 0 Å². The SMILES string of the molecule is CN1CCC(n2c(C(C)(C)C)c[nH]c2=S)CC1. The number of aromatic nitrogens is 2. The smallest absolute Gasteiger partial charge is 0.177 e. The van der Waals surface area contributed by atoms with Crippen LogP contribution in [0.1, 0.15) is 45.3 Å². The first-order valence-electron chi connectivity index (χ1n) is 6.38. The molecule has 2 heterocycles. The van der Waals surface area contributed by atoms with Crippen molar-refractivity contribution >= 4 is 12.2 Å². The predicted molar refractivity (Wildman–Crippen MR) is 74.1 cm³/mol. The molecule has 1 aliphatic rings. The minimum atomic E-state index is 0.150. The van der Waals surface area contributed by atoms with Gasteiger partial charge in [0.15, 0.2) is 4.77 Å². The maximum atomic E-state index is 5.45. The summed E-state index contributed by atoms with van der Waals surface area (Å²) in [7, 11) is 2.19. The van der Waals surface area contributed by atoms with Crippen molar-refractivity contribution in [3.8, 4) is 0 Å². The van der Waals surface area contributed by atoms with Crippen LogP contribution >= 0.6 is 12.2 Å². The highest BCUT2D eigenvalue weighted by Crippen LogP contribution is 2.29. The Hall–Kier alpha value is -0.610. The minimum Gasteiger partial charge on any atom is -0.337 e. The number of hydrogen-bond donors (Lipinski definition) is 1. The van der Waals surface area contributed by atoms with Crippen molar-refractivity contribution in [1.29, 1.82) is 0 Å². The van der Waals surface area contributed by atoms with Gasteiger partial charge in [-0.3, -0.25) is 0 Å². The molecule has 0 spiro atoms. The highest BCUT2D eigenvalue weighted by Gasteiger charge is 2.25. The predicted octanol–water partition coefficient (Wildman–Crippen LogP) is 3.11. The molecule has 2 rings (SSSR count). The van der Waals surface area contributed by atoms with Gasteiger partial charge in [0.1, 0.15) is 0 Å². The summed E-state index contributed by atoms with van der Waals surface area (Å²) in [6.45, 7) is 9.07. The number of nitrogens with zero attached hydrogens (tertiary/aromatic N) is 2. The number of rotatable bonds is 1. The summed E-state index contributed by atoms with van der Waals surface area (Å²) in [6.07, 6.45) is 4.48. The minimum absolute atomic E-state index is 0.150. The Balaban J connectivity index is 2.32. The van der Waals surface area contributed by atoms with Crippen molar-refractivity contribution in [2.75, 3.05) is 20.1 Å². The standard InChI is InChI=1S/C13H23N3S/c1-13(2,3)11-9-14-12(17)16(11)10-5-7-15(4)8-6-10/h9-10H,5-8H2,1-4H3,(H,14,17). The second-order valence-corrected chi connectivity index (χ2v) is 6.52. The molecule has 0 radical (unpaired) electrons. The molecule has 0 bridgehead atoms. The molecule has 1 N–H and O–H groups in total. The second kappa shape index (κ2) is 4.58. The Labute approximate surface area is 109 Å². The summed E-state index contributed by atoms with van der Waals surface area (Å²) in [5.74, 6) is 0. The van der Waals surface area contributed by atoms with Gasteiger partial charge in [-0.2, -0.15) is 0 Å². The lowest BCUT2D eigenvalue weighted by Gasteiger charge is -2.33. The quantitative estimate of drug-likeness (QED) is 0.778. The zero-order chi connectivity index (χ0) is 12.6. The second-order valence-electron chi connectivity index (χ2n) is 6.13. The summed E-state index contributed by atoms with van der Waals surface area (Å²) < 4.78 is 3.23. The van der Waals surface area contributed by atoms with Crippen molar-refractivity contribution in [2.24, 2.45) is 0 Å². The van der Waals surface area contributed by atoms with E-state index in [9.17, 15) is 0 Å². The van der Waals surface area contributed by atoms with Gasteiger partial charge >= 0.3 is 0 Å². The molecule has 3 nitrogen and oxygen atoms in total. The van der Waals surface area contributed by atoms with Crippen LogP contribution in [0, 0.1) is 4.77 Å². The Morgan fingerprint density at radius 3 is 2.41 bits per heavy atom. The lowest BCUT2D eigenvalue weighted by atomic mass is 9.91. The summed E-state index contributed by atoms with van der Waals surface area (Å²) in [5, 5.41) is 0. The third-order valence-electron chi connectivity index (χ3n) is 3.63. The molecule has 17 heavy (non-hydrogen) atoms. The van der Waals surface area contributed by atoms with E-state index in [1.54, 1.807) is 0 Å². The first-order valence-corrected chi connectivity index (χ1v) is 6.79. The van der Waals surface area contributed by atoms with Crippen molar-refractivity contribution in [3.05, 3.63) is 16.7 Å². The first kappa shape index (κ1) is 12.8. The molecule has 0 atom stereocenters. The number of imidazole rings is 1. The molecule has 4 heteroatoms. The number of nitrogens with one attached hydrogen (secondary N) is 1. The highest BCUT2D eigenvalue weighted by atomic mass is 32.1. The monoisotopic (exact) mass is 253 g/mol. The molecule has 0 saturated carbocycles. The zero-order valence-corrected chi connectivity index (χ0v) is 12.1. The third-order valence-corrected chi connectivity index (χ3v) is 3.95.